The summed E-state index contributed by atoms with van der Waals surface area (Å²) >= 11 is 0. The van der Waals surface area contributed by atoms with Crippen LogP contribution < -0.4 is 5.32 Å². The van der Waals surface area contributed by atoms with Crippen molar-refractivity contribution < 1.29 is 4.79 Å². The standard InChI is InChI=1S/C13H17N5O/c1-9-10(2)16-17-13(11(9)7-14)15-8-12(19)18-5-3-4-6-18/h3-6,8H2,1-2H3,(H,15,17). The fraction of sp³-hybridized carbons (Fsp3) is 0.538. The molecule has 0 aromatic carbocycles. The predicted molar refractivity (Wildman–Crippen MR) is 70.5 cm³/mol. The zero-order valence-electron chi connectivity index (χ0n) is 11.2. The first-order valence-electron chi connectivity index (χ1n) is 6.39. The Morgan fingerprint density at radius 1 is 1.37 bits per heavy atom. The van der Waals surface area contributed by atoms with Gasteiger partial charge in [-0.1, -0.05) is 0 Å². The third-order valence-corrected chi connectivity index (χ3v) is 3.43. The molecule has 0 spiro atoms. The van der Waals surface area contributed by atoms with E-state index in [2.05, 4.69) is 21.6 Å². The van der Waals surface area contributed by atoms with Gasteiger partial charge in [-0.3, -0.25) is 4.79 Å². The number of hydrogen-bond acceptors (Lipinski definition) is 5. The van der Waals surface area contributed by atoms with Crippen molar-refractivity contribution in [2.75, 3.05) is 25.0 Å². The van der Waals surface area contributed by atoms with Gasteiger partial charge in [0.1, 0.15) is 11.6 Å². The van der Waals surface area contributed by atoms with Gasteiger partial charge >= 0.3 is 0 Å². The zero-order valence-corrected chi connectivity index (χ0v) is 11.2. The monoisotopic (exact) mass is 259 g/mol. The van der Waals surface area contributed by atoms with Crippen molar-refractivity contribution in [3.8, 4) is 6.07 Å². The zero-order chi connectivity index (χ0) is 13.8. The van der Waals surface area contributed by atoms with Crippen molar-refractivity contribution >= 4 is 11.7 Å². The SMILES string of the molecule is Cc1nnc(NCC(=O)N2CCCC2)c(C#N)c1C. The highest BCUT2D eigenvalue weighted by molar-refractivity contribution is 5.81. The summed E-state index contributed by atoms with van der Waals surface area (Å²) in [5.41, 5.74) is 1.99. The van der Waals surface area contributed by atoms with Crippen LogP contribution in [0.5, 0.6) is 0 Å². The molecule has 0 saturated carbocycles. The first-order valence-corrected chi connectivity index (χ1v) is 6.39. The number of nitrogens with one attached hydrogen (secondary N) is 1. The number of likely N-dealkylation sites (tertiary alicyclic amines) is 1. The van der Waals surface area contributed by atoms with Gasteiger partial charge in [-0.15, -0.1) is 5.10 Å². The highest BCUT2D eigenvalue weighted by Crippen LogP contribution is 2.17. The van der Waals surface area contributed by atoms with Crippen LogP contribution in [0.2, 0.25) is 0 Å². The topological polar surface area (TPSA) is 81.9 Å². The molecule has 6 heteroatoms. The Kier molecular flexibility index (Phi) is 3.95. The number of rotatable bonds is 3. The minimum Gasteiger partial charge on any atom is -0.358 e. The van der Waals surface area contributed by atoms with Crippen molar-refractivity contribution in [1.82, 2.24) is 15.1 Å². The molecule has 1 aliphatic heterocycles. The lowest BCUT2D eigenvalue weighted by Gasteiger charge is -2.16. The molecule has 0 bridgehead atoms. The van der Waals surface area contributed by atoms with E-state index in [1.807, 2.05) is 18.7 Å². The van der Waals surface area contributed by atoms with Crippen LogP contribution in [0.15, 0.2) is 0 Å². The Balaban J connectivity index is 2.05. The molecule has 1 saturated heterocycles. The molecular formula is C13H17N5O. The molecule has 1 fully saturated rings. The van der Waals surface area contributed by atoms with E-state index in [1.165, 1.54) is 0 Å². The lowest BCUT2D eigenvalue weighted by Crippen LogP contribution is -2.33. The van der Waals surface area contributed by atoms with E-state index in [0.717, 1.165) is 37.2 Å². The summed E-state index contributed by atoms with van der Waals surface area (Å²) < 4.78 is 0. The third kappa shape index (κ3) is 2.81. The summed E-state index contributed by atoms with van der Waals surface area (Å²) in [6, 6.07) is 2.11. The summed E-state index contributed by atoms with van der Waals surface area (Å²) in [7, 11) is 0. The van der Waals surface area contributed by atoms with Crippen molar-refractivity contribution in [3.63, 3.8) is 0 Å². The minimum atomic E-state index is 0.0430. The van der Waals surface area contributed by atoms with E-state index in [9.17, 15) is 4.79 Å². The molecule has 1 N–H and O–H groups in total. The van der Waals surface area contributed by atoms with Crippen molar-refractivity contribution in [3.05, 3.63) is 16.8 Å². The number of amides is 1. The molecule has 100 valence electrons. The normalized spacial score (nSPS) is 14.3. The average molecular weight is 259 g/mol. The molecular weight excluding hydrogens is 242 g/mol. The molecule has 1 aliphatic rings. The molecule has 2 heterocycles. The molecule has 6 nitrogen and oxygen atoms in total. The Hall–Kier alpha value is -2.16. The number of nitrogens with zero attached hydrogens (tertiary/aromatic N) is 4. The molecule has 0 aliphatic carbocycles. The van der Waals surface area contributed by atoms with Crippen LogP contribution in [-0.2, 0) is 4.79 Å². The second-order valence-electron chi connectivity index (χ2n) is 4.69. The number of aromatic nitrogens is 2. The van der Waals surface area contributed by atoms with Crippen LogP contribution in [-0.4, -0.2) is 40.6 Å². The van der Waals surface area contributed by atoms with Crippen molar-refractivity contribution in [2.24, 2.45) is 0 Å². The average Bonchev–Trinajstić information content (AvgIpc) is 2.94. The predicted octanol–water partition coefficient (Wildman–Crippen LogP) is 0.999. The fourth-order valence-corrected chi connectivity index (χ4v) is 2.11. The van der Waals surface area contributed by atoms with Crippen molar-refractivity contribution in [1.29, 1.82) is 5.26 Å². The highest BCUT2D eigenvalue weighted by atomic mass is 16.2. The molecule has 0 unspecified atom stereocenters. The second kappa shape index (κ2) is 5.65. The smallest absolute Gasteiger partial charge is 0.241 e. The molecule has 2 rings (SSSR count). The summed E-state index contributed by atoms with van der Waals surface area (Å²) in [4.78, 5) is 13.7. The van der Waals surface area contributed by atoms with Crippen LogP contribution in [0.4, 0.5) is 5.82 Å². The van der Waals surface area contributed by atoms with Gasteiger partial charge in [-0.2, -0.15) is 10.4 Å². The van der Waals surface area contributed by atoms with Gasteiger partial charge in [-0.25, -0.2) is 0 Å². The van der Waals surface area contributed by atoms with Gasteiger partial charge in [0.05, 0.1) is 12.2 Å². The summed E-state index contributed by atoms with van der Waals surface area (Å²) in [5.74, 6) is 0.430. The number of carbonyl (C=O) groups excluding carboxylic acids is 1. The summed E-state index contributed by atoms with van der Waals surface area (Å²) in [5, 5.41) is 20.0. The van der Waals surface area contributed by atoms with Gasteiger partial charge < -0.3 is 10.2 Å². The Morgan fingerprint density at radius 2 is 2.05 bits per heavy atom. The van der Waals surface area contributed by atoms with Gasteiger partial charge in [-0.05, 0) is 32.3 Å². The highest BCUT2D eigenvalue weighted by Gasteiger charge is 2.18. The molecule has 1 aromatic heterocycles. The van der Waals surface area contributed by atoms with Crippen LogP contribution in [0, 0.1) is 25.2 Å². The number of carbonyl (C=O) groups is 1. The number of anilines is 1. The summed E-state index contributed by atoms with van der Waals surface area (Å²) in [6.07, 6.45) is 2.14. The number of nitriles is 1. The molecule has 1 amide bonds. The van der Waals surface area contributed by atoms with Gasteiger partial charge in [0.15, 0.2) is 5.82 Å². The second-order valence-corrected chi connectivity index (χ2v) is 4.69. The fourth-order valence-electron chi connectivity index (χ4n) is 2.11. The van der Waals surface area contributed by atoms with Crippen LogP contribution >= 0.6 is 0 Å². The van der Waals surface area contributed by atoms with Gasteiger partial charge in [0, 0.05) is 13.1 Å². The molecule has 0 radical (unpaired) electrons. The quantitative estimate of drug-likeness (QED) is 0.875. The van der Waals surface area contributed by atoms with E-state index in [4.69, 9.17) is 5.26 Å². The lowest BCUT2D eigenvalue weighted by atomic mass is 10.1. The molecule has 0 atom stereocenters. The number of aryl methyl sites for hydroxylation is 1. The van der Waals surface area contributed by atoms with Gasteiger partial charge in [0.2, 0.25) is 5.91 Å². The minimum absolute atomic E-state index is 0.0430. The first kappa shape index (κ1) is 13.3. The van der Waals surface area contributed by atoms with Gasteiger partial charge in [0.25, 0.3) is 0 Å². The maximum Gasteiger partial charge on any atom is 0.241 e. The third-order valence-electron chi connectivity index (χ3n) is 3.43. The Labute approximate surface area is 112 Å². The van der Waals surface area contributed by atoms with E-state index >= 15 is 0 Å². The van der Waals surface area contributed by atoms with E-state index < -0.39 is 0 Å². The van der Waals surface area contributed by atoms with E-state index in [0.29, 0.717) is 11.4 Å². The maximum absolute atomic E-state index is 11.9. The molecule has 19 heavy (non-hydrogen) atoms. The van der Waals surface area contributed by atoms with E-state index in [1.54, 1.807) is 0 Å². The number of hydrogen-bond donors (Lipinski definition) is 1. The molecule has 1 aromatic rings. The Morgan fingerprint density at radius 3 is 2.68 bits per heavy atom. The van der Waals surface area contributed by atoms with Crippen molar-refractivity contribution in [2.45, 2.75) is 26.7 Å². The van der Waals surface area contributed by atoms with Crippen LogP contribution in [0.25, 0.3) is 0 Å². The maximum atomic E-state index is 11.9. The van der Waals surface area contributed by atoms with E-state index in [-0.39, 0.29) is 12.5 Å². The van der Waals surface area contributed by atoms with Crippen LogP contribution in [0.3, 0.4) is 0 Å². The summed E-state index contributed by atoms with van der Waals surface area (Å²) in [6.45, 7) is 5.44. The largest absolute Gasteiger partial charge is 0.358 e. The Bertz CT molecular complexity index is 529. The first-order chi connectivity index (χ1) is 9.13. The lowest BCUT2D eigenvalue weighted by molar-refractivity contribution is -0.128. The van der Waals surface area contributed by atoms with Crippen LogP contribution in [0.1, 0.15) is 29.7 Å².